The Balaban J connectivity index is 1.86. The number of hydrogen-bond donors (Lipinski definition) is 0. The first-order chi connectivity index (χ1) is 15.9. The van der Waals surface area contributed by atoms with Gasteiger partial charge in [-0.2, -0.15) is 0 Å². The fourth-order valence-corrected chi connectivity index (χ4v) is 9.10. The van der Waals surface area contributed by atoms with Crippen LogP contribution in [-0.4, -0.2) is 20.1 Å². The molecule has 0 saturated heterocycles. The average molecular weight is 460 g/mol. The van der Waals surface area contributed by atoms with Crippen molar-refractivity contribution in [1.82, 2.24) is 5.16 Å². The summed E-state index contributed by atoms with van der Waals surface area (Å²) in [7, 11) is -2.68. The molecule has 0 radical (unpaired) electrons. The molecular formula is C28H33NO3Si. The lowest BCUT2D eigenvalue weighted by Crippen LogP contribution is -2.66. The number of aromatic nitrogens is 1. The molecule has 0 amide bonds. The summed E-state index contributed by atoms with van der Waals surface area (Å²) in [6, 6.07) is 25.4. The van der Waals surface area contributed by atoms with Gasteiger partial charge in [0.05, 0.1) is 24.5 Å². The van der Waals surface area contributed by atoms with Crippen LogP contribution in [0.15, 0.2) is 77.3 Å². The van der Waals surface area contributed by atoms with Gasteiger partial charge in [-0.1, -0.05) is 93.5 Å². The van der Waals surface area contributed by atoms with Crippen LogP contribution in [0.1, 0.15) is 45.4 Å². The van der Waals surface area contributed by atoms with Crippen molar-refractivity contribution in [3.8, 4) is 5.75 Å². The molecule has 4 nitrogen and oxygen atoms in total. The normalized spacial score (nSPS) is 12.3. The second-order valence-electron chi connectivity index (χ2n) is 9.49. The van der Waals surface area contributed by atoms with Crippen LogP contribution in [0, 0.1) is 6.92 Å². The summed E-state index contributed by atoms with van der Waals surface area (Å²) < 4.78 is 19.0. The molecule has 0 saturated carbocycles. The monoisotopic (exact) mass is 459 g/mol. The predicted octanol–water partition coefficient (Wildman–Crippen LogP) is 6.00. The molecule has 1 heterocycles. The third-order valence-electron chi connectivity index (χ3n) is 6.19. The third-order valence-corrected chi connectivity index (χ3v) is 11.2. The maximum absolute atomic E-state index is 7.16. The van der Waals surface area contributed by atoms with Crippen molar-refractivity contribution in [2.24, 2.45) is 0 Å². The van der Waals surface area contributed by atoms with Gasteiger partial charge in [-0.25, -0.2) is 0 Å². The molecule has 4 aromatic rings. The summed E-state index contributed by atoms with van der Waals surface area (Å²) in [4.78, 5) is 0. The molecule has 0 fully saturated rings. The SMILES string of the molecule is CCCOc1ccc2c(C)noc2c1CO[Si](c1ccccc1)(c1ccccc1)C(C)(C)C. The van der Waals surface area contributed by atoms with E-state index in [0.29, 0.717) is 13.2 Å². The Morgan fingerprint density at radius 3 is 2.03 bits per heavy atom. The molecule has 5 heteroatoms. The van der Waals surface area contributed by atoms with E-state index in [0.717, 1.165) is 34.4 Å². The van der Waals surface area contributed by atoms with Gasteiger partial charge in [0.1, 0.15) is 5.75 Å². The zero-order valence-corrected chi connectivity index (χ0v) is 21.2. The van der Waals surface area contributed by atoms with Gasteiger partial charge in [-0.3, -0.25) is 0 Å². The zero-order chi connectivity index (χ0) is 23.5. The van der Waals surface area contributed by atoms with Crippen molar-refractivity contribution in [2.45, 2.75) is 52.7 Å². The Morgan fingerprint density at radius 1 is 0.879 bits per heavy atom. The molecule has 33 heavy (non-hydrogen) atoms. The Kier molecular flexibility index (Phi) is 6.72. The smallest absolute Gasteiger partial charge is 0.261 e. The van der Waals surface area contributed by atoms with Crippen molar-refractivity contribution < 1.29 is 13.7 Å². The Hall–Kier alpha value is -2.89. The fraction of sp³-hybridized carbons (Fsp3) is 0.321. The lowest BCUT2D eigenvalue weighted by Gasteiger charge is -2.43. The maximum atomic E-state index is 7.16. The van der Waals surface area contributed by atoms with Gasteiger partial charge in [-0.15, -0.1) is 0 Å². The topological polar surface area (TPSA) is 44.5 Å². The van der Waals surface area contributed by atoms with E-state index in [1.165, 1.54) is 10.4 Å². The Bertz CT molecular complexity index is 1160. The van der Waals surface area contributed by atoms with Gasteiger partial charge in [0, 0.05) is 5.39 Å². The highest BCUT2D eigenvalue weighted by Gasteiger charge is 2.50. The van der Waals surface area contributed by atoms with Crippen molar-refractivity contribution in [1.29, 1.82) is 0 Å². The molecule has 0 unspecified atom stereocenters. The van der Waals surface area contributed by atoms with E-state index in [-0.39, 0.29) is 5.04 Å². The van der Waals surface area contributed by atoms with Crippen LogP contribution in [0.2, 0.25) is 5.04 Å². The number of aryl methyl sites for hydroxylation is 1. The highest BCUT2D eigenvalue weighted by atomic mass is 28.4. The van der Waals surface area contributed by atoms with Crippen LogP contribution in [0.5, 0.6) is 5.75 Å². The third kappa shape index (κ3) is 4.35. The van der Waals surface area contributed by atoms with Crippen LogP contribution < -0.4 is 15.1 Å². The summed E-state index contributed by atoms with van der Waals surface area (Å²) in [5.74, 6) is 0.804. The van der Waals surface area contributed by atoms with E-state index < -0.39 is 8.32 Å². The first-order valence-corrected chi connectivity index (χ1v) is 13.5. The minimum Gasteiger partial charge on any atom is -0.493 e. The number of hydrogen-bond acceptors (Lipinski definition) is 4. The van der Waals surface area contributed by atoms with Crippen LogP contribution in [0.25, 0.3) is 11.0 Å². The van der Waals surface area contributed by atoms with Gasteiger partial charge >= 0.3 is 0 Å². The van der Waals surface area contributed by atoms with E-state index in [2.05, 4.69) is 93.5 Å². The Morgan fingerprint density at radius 2 is 1.48 bits per heavy atom. The van der Waals surface area contributed by atoms with Gasteiger partial charge in [0.2, 0.25) is 0 Å². The zero-order valence-electron chi connectivity index (χ0n) is 20.2. The molecule has 0 aliphatic carbocycles. The minimum atomic E-state index is -2.68. The summed E-state index contributed by atoms with van der Waals surface area (Å²) in [6.07, 6.45) is 0.933. The van der Waals surface area contributed by atoms with Crippen LogP contribution in [-0.2, 0) is 11.0 Å². The quantitative estimate of drug-likeness (QED) is 0.303. The molecule has 0 spiro atoms. The van der Waals surface area contributed by atoms with Crippen LogP contribution >= 0.6 is 0 Å². The van der Waals surface area contributed by atoms with Gasteiger partial charge < -0.3 is 13.7 Å². The first-order valence-electron chi connectivity index (χ1n) is 11.6. The van der Waals surface area contributed by atoms with E-state index in [4.69, 9.17) is 13.7 Å². The van der Waals surface area contributed by atoms with Gasteiger partial charge in [0.15, 0.2) is 5.58 Å². The lowest BCUT2D eigenvalue weighted by atomic mass is 10.1. The minimum absolute atomic E-state index is 0.106. The molecular weight excluding hydrogens is 426 g/mol. The standard InChI is InChI=1S/C28H33NO3Si/c1-6-19-30-26-18-17-24-21(2)29-32-27(24)25(26)20-31-33(28(3,4)5,22-13-9-7-10-14-22)23-15-11-8-12-16-23/h7-18H,6,19-20H2,1-5H3. The number of rotatable bonds is 8. The molecule has 0 bridgehead atoms. The second kappa shape index (κ2) is 9.54. The van der Waals surface area contributed by atoms with Crippen molar-refractivity contribution in [3.63, 3.8) is 0 Å². The van der Waals surface area contributed by atoms with Crippen molar-refractivity contribution in [3.05, 3.63) is 84.1 Å². The number of fused-ring (bicyclic) bond motifs is 1. The molecule has 0 aliphatic heterocycles. The van der Waals surface area contributed by atoms with Crippen LogP contribution in [0.3, 0.4) is 0 Å². The van der Waals surface area contributed by atoms with Crippen molar-refractivity contribution >= 4 is 29.7 Å². The molecule has 0 atom stereocenters. The largest absolute Gasteiger partial charge is 0.493 e. The second-order valence-corrected chi connectivity index (χ2v) is 13.8. The predicted molar refractivity (Wildman–Crippen MR) is 137 cm³/mol. The Labute approximate surface area is 197 Å². The molecule has 1 aromatic heterocycles. The van der Waals surface area contributed by atoms with Gasteiger partial charge in [-0.05, 0) is 40.9 Å². The summed E-state index contributed by atoms with van der Waals surface area (Å²) >= 11 is 0. The average Bonchev–Trinajstić information content (AvgIpc) is 3.20. The summed E-state index contributed by atoms with van der Waals surface area (Å²) in [6.45, 7) is 12.0. The van der Waals surface area contributed by atoms with Gasteiger partial charge in [0.25, 0.3) is 8.32 Å². The summed E-state index contributed by atoms with van der Waals surface area (Å²) in [5.41, 5.74) is 2.55. The molecule has 3 aromatic carbocycles. The first kappa shape index (κ1) is 23.3. The van der Waals surface area contributed by atoms with Crippen molar-refractivity contribution in [2.75, 3.05) is 6.61 Å². The van der Waals surface area contributed by atoms with Crippen LogP contribution in [0.4, 0.5) is 0 Å². The van der Waals surface area contributed by atoms with E-state index in [1.807, 2.05) is 19.1 Å². The van der Waals surface area contributed by atoms with E-state index >= 15 is 0 Å². The molecule has 0 aliphatic rings. The molecule has 172 valence electrons. The number of nitrogens with zero attached hydrogens (tertiary/aromatic N) is 1. The highest BCUT2D eigenvalue weighted by molar-refractivity contribution is 6.99. The maximum Gasteiger partial charge on any atom is 0.261 e. The summed E-state index contributed by atoms with van der Waals surface area (Å²) in [5, 5.41) is 7.61. The number of ether oxygens (including phenoxy) is 1. The van der Waals surface area contributed by atoms with E-state index in [1.54, 1.807) is 0 Å². The lowest BCUT2D eigenvalue weighted by molar-refractivity contribution is 0.266. The molecule has 4 rings (SSSR count). The number of benzene rings is 3. The highest BCUT2D eigenvalue weighted by Crippen LogP contribution is 2.39. The van der Waals surface area contributed by atoms with E-state index in [9.17, 15) is 0 Å². The fourth-order valence-electron chi connectivity index (χ4n) is 4.59. The molecule has 0 N–H and O–H groups in total.